The Morgan fingerprint density at radius 2 is 0.800 bits per heavy atom. The molecule has 0 aliphatic rings. The molecule has 8 nitrogen and oxygen atoms in total. The van der Waals surface area contributed by atoms with Crippen molar-refractivity contribution in [1.82, 2.24) is 5.32 Å². The van der Waals surface area contributed by atoms with Crippen LogP contribution in [0.5, 0.6) is 0 Å². The number of hydrogen-bond donors (Lipinski definition) is 3. The average Bonchev–Trinajstić information content (AvgIpc) is 3.37. The molecule has 1 amide bonds. The van der Waals surface area contributed by atoms with Crippen molar-refractivity contribution in [3.05, 3.63) is 146 Å². The van der Waals surface area contributed by atoms with Gasteiger partial charge in [0.2, 0.25) is 5.91 Å². The molecule has 0 aromatic rings. The minimum Gasteiger partial charge on any atom is -0.391 e. The second-order valence-corrected chi connectivity index (χ2v) is 22.1. The Hall–Kier alpha value is -3.62. The number of rotatable bonds is 52. The summed E-state index contributed by atoms with van der Waals surface area (Å²) in [5.41, 5.74) is 0. The van der Waals surface area contributed by atoms with Crippen LogP contribution in [0.2, 0.25) is 0 Å². The van der Waals surface area contributed by atoms with Crippen LogP contribution < -0.4 is 5.32 Å². The minimum atomic E-state index is -4.34. The number of nitrogens with zero attached hydrogens (tertiary/aromatic N) is 1. The van der Waals surface area contributed by atoms with Crippen molar-refractivity contribution in [3.8, 4) is 0 Å². The highest BCUT2D eigenvalue weighted by Gasteiger charge is 2.28. The van der Waals surface area contributed by atoms with Crippen molar-refractivity contribution in [1.29, 1.82) is 0 Å². The molecule has 0 aromatic heterocycles. The van der Waals surface area contributed by atoms with E-state index in [0.29, 0.717) is 23.9 Å². The van der Waals surface area contributed by atoms with E-state index in [1.807, 2.05) is 21.1 Å². The summed E-state index contributed by atoms with van der Waals surface area (Å²) in [5.74, 6) is -0.176. The fraction of sp³-hybridized carbons (Fsp3) is 0.621. The SMILES string of the molecule is CC/C=C\C/C=C\C/C=C\C/C=C\C/C=C\C/C=C\C/C=C\C/C=C\C/C=C\C/C=C\C/C=C\C/C=C\CCCCCCC(=O)NC(COP(=O)(O)OCC[N+](C)(C)C)C(O)CCCCCCCCCCCCCC. The lowest BCUT2D eigenvalue weighted by molar-refractivity contribution is -0.870. The molecule has 0 aromatic carbocycles. The zero-order valence-electron chi connectivity index (χ0n) is 48.5. The molecule has 3 atom stereocenters. The van der Waals surface area contributed by atoms with Gasteiger partial charge < -0.3 is 19.8 Å². The molecule has 0 saturated heterocycles. The number of unbranched alkanes of at least 4 members (excludes halogenated alkanes) is 15. The van der Waals surface area contributed by atoms with Crippen LogP contribution >= 0.6 is 7.82 Å². The fourth-order valence-electron chi connectivity index (χ4n) is 7.73. The van der Waals surface area contributed by atoms with Crippen LogP contribution in [0, 0.1) is 0 Å². The van der Waals surface area contributed by atoms with Gasteiger partial charge in [0, 0.05) is 6.42 Å². The number of quaternary nitrogens is 1. The average molecular weight is 1060 g/mol. The van der Waals surface area contributed by atoms with Gasteiger partial charge in [0.25, 0.3) is 0 Å². The molecule has 0 radical (unpaired) electrons. The summed E-state index contributed by atoms with van der Waals surface area (Å²) in [6.07, 6.45) is 84.9. The van der Waals surface area contributed by atoms with Crippen molar-refractivity contribution in [2.24, 2.45) is 0 Å². The Kier molecular flexibility index (Phi) is 52.5. The number of nitrogens with one attached hydrogen (secondary N) is 1. The third-order valence-corrected chi connectivity index (χ3v) is 13.3. The van der Waals surface area contributed by atoms with Crippen molar-refractivity contribution >= 4 is 13.7 Å². The van der Waals surface area contributed by atoms with E-state index in [-0.39, 0.29) is 19.1 Å². The highest BCUT2D eigenvalue weighted by atomic mass is 31.2. The molecular formula is C66H112N2O6P+. The number of carbonyl (C=O) groups excluding carboxylic acids is 1. The lowest BCUT2D eigenvalue weighted by Crippen LogP contribution is -2.46. The zero-order chi connectivity index (χ0) is 54.9. The van der Waals surface area contributed by atoms with E-state index in [4.69, 9.17) is 9.05 Å². The molecule has 0 fully saturated rings. The first kappa shape index (κ1) is 71.4. The summed E-state index contributed by atoms with van der Waals surface area (Å²) < 4.78 is 23.7. The van der Waals surface area contributed by atoms with E-state index in [9.17, 15) is 19.4 Å². The predicted octanol–water partition coefficient (Wildman–Crippen LogP) is 18.5. The van der Waals surface area contributed by atoms with Gasteiger partial charge in [0.1, 0.15) is 13.2 Å². The molecule has 75 heavy (non-hydrogen) atoms. The maximum absolute atomic E-state index is 13.0. The zero-order valence-corrected chi connectivity index (χ0v) is 49.4. The number of phosphoric ester groups is 1. The number of hydrogen-bond acceptors (Lipinski definition) is 5. The third-order valence-electron chi connectivity index (χ3n) is 12.4. The van der Waals surface area contributed by atoms with Gasteiger partial charge in [-0.15, -0.1) is 0 Å². The Morgan fingerprint density at radius 1 is 0.467 bits per heavy atom. The first-order valence-electron chi connectivity index (χ1n) is 29.7. The Labute approximate surface area is 461 Å². The predicted molar refractivity (Wildman–Crippen MR) is 327 cm³/mol. The van der Waals surface area contributed by atoms with E-state index in [1.54, 1.807) is 0 Å². The lowest BCUT2D eigenvalue weighted by Gasteiger charge is -2.26. The van der Waals surface area contributed by atoms with Gasteiger partial charge in [0.15, 0.2) is 0 Å². The van der Waals surface area contributed by atoms with Crippen LogP contribution in [0.15, 0.2) is 146 Å². The van der Waals surface area contributed by atoms with Gasteiger partial charge in [0.05, 0.1) is 39.9 Å². The van der Waals surface area contributed by atoms with Crippen molar-refractivity contribution < 1.29 is 32.9 Å². The smallest absolute Gasteiger partial charge is 0.391 e. The Balaban J connectivity index is 4.15. The number of allylic oxidation sites excluding steroid dienone is 24. The molecule has 0 aliphatic carbocycles. The van der Waals surface area contributed by atoms with Crippen molar-refractivity contribution in [2.45, 2.75) is 225 Å². The molecule has 0 spiro atoms. The standard InChI is InChI=1S/C66H111N2O6P/c1-6-8-10-12-14-16-18-20-21-22-23-24-25-26-27-28-29-30-31-32-33-34-35-36-37-38-39-40-41-42-43-44-45-46-47-48-50-52-54-56-58-60-66(70)67-64(63-74-75(71,72)73-62-61-68(3,4)5)65(69)59-57-55-53-51-49-19-17-15-13-11-9-7-2/h8,10,14,16,20-21,23-24,26-27,29-30,32-33,35-36,38-39,41-42,44-45,47-48,64-65,69H,6-7,9,11-13,15,17-19,22,25,28,31,34,37,40,43,46,49-63H2,1-5H3,(H-,67,70,71,72)/p+1/b10-8-,16-14-,21-20-,24-23-,27-26-,30-29-,33-32-,36-35-,39-38-,42-41-,45-44-,48-47-. The maximum atomic E-state index is 13.0. The summed E-state index contributed by atoms with van der Waals surface area (Å²) in [5, 5.41) is 14.0. The maximum Gasteiger partial charge on any atom is 0.472 e. The highest BCUT2D eigenvalue weighted by molar-refractivity contribution is 7.47. The topological polar surface area (TPSA) is 105 Å². The molecule has 0 saturated carbocycles. The summed E-state index contributed by atoms with van der Waals surface area (Å²) in [6.45, 7) is 4.72. The van der Waals surface area contributed by atoms with Gasteiger partial charge in [-0.2, -0.15) is 0 Å². The number of aliphatic hydroxyl groups is 1. The van der Waals surface area contributed by atoms with Crippen LogP contribution in [0.4, 0.5) is 0 Å². The number of phosphoric acid groups is 1. The van der Waals surface area contributed by atoms with E-state index in [0.717, 1.165) is 128 Å². The molecule has 426 valence electrons. The Morgan fingerprint density at radius 3 is 1.17 bits per heavy atom. The molecule has 0 rings (SSSR count). The first-order valence-corrected chi connectivity index (χ1v) is 31.2. The van der Waals surface area contributed by atoms with E-state index in [2.05, 4.69) is 165 Å². The Bertz CT molecular complexity index is 1720. The van der Waals surface area contributed by atoms with Gasteiger partial charge in [-0.05, 0) is 103 Å². The normalized spacial score (nSPS) is 14.9. The molecule has 9 heteroatoms. The third kappa shape index (κ3) is 57.9. The van der Waals surface area contributed by atoms with E-state index < -0.39 is 20.0 Å². The van der Waals surface area contributed by atoms with Crippen molar-refractivity contribution in [2.75, 3.05) is 40.9 Å². The quantitative estimate of drug-likeness (QED) is 0.0243. The van der Waals surface area contributed by atoms with E-state index in [1.165, 1.54) is 57.8 Å². The second kappa shape index (κ2) is 55.1. The van der Waals surface area contributed by atoms with Crippen LogP contribution in [0.3, 0.4) is 0 Å². The monoisotopic (exact) mass is 1060 g/mol. The molecule has 0 aliphatic heterocycles. The number of likely N-dealkylation sites (N-methyl/N-ethyl adjacent to an activating group) is 1. The van der Waals surface area contributed by atoms with Gasteiger partial charge in [-0.25, -0.2) is 4.57 Å². The number of aliphatic hydroxyl groups excluding tert-OH is 1. The highest BCUT2D eigenvalue weighted by Crippen LogP contribution is 2.43. The summed E-state index contributed by atoms with van der Waals surface area (Å²) >= 11 is 0. The largest absolute Gasteiger partial charge is 0.472 e. The molecule has 0 heterocycles. The molecule has 0 bridgehead atoms. The molecule has 3 N–H and O–H groups in total. The van der Waals surface area contributed by atoms with Crippen LogP contribution in [-0.4, -0.2) is 73.4 Å². The van der Waals surface area contributed by atoms with Crippen LogP contribution in [0.1, 0.15) is 213 Å². The molecular weight excluding hydrogens is 948 g/mol. The summed E-state index contributed by atoms with van der Waals surface area (Å²) in [7, 11) is 1.58. The molecule has 3 unspecified atom stereocenters. The first-order chi connectivity index (χ1) is 36.5. The van der Waals surface area contributed by atoms with Gasteiger partial charge in [-0.1, -0.05) is 250 Å². The van der Waals surface area contributed by atoms with Gasteiger partial charge >= 0.3 is 7.82 Å². The number of carbonyl (C=O) groups is 1. The summed E-state index contributed by atoms with van der Waals surface area (Å²) in [4.78, 5) is 23.3. The van der Waals surface area contributed by atoms with Crippen molar-refractivity contribution in [3.63, 3.8) is 0 Å². The second-order valence-electron chi connectivity index (χ2n) is 20.6. The lowest BCUT2D eigenvalue weighted by atomic mass is 10.0. The van der Waals surface area contributed by atoms with Crippen LogP contribution in [0.25, 0.3) is 0 Å². The minimum absolute atomic E-state index is 0.0618. The fourth-order valence-corrected chi connectivity index (χ4v) is 8.47. The van der Waals surface area contributed by atoms with Gasteiger partial charge in [-0.3, -0.25) is 13.8 Å². The van der Waals surface area contributed by atoms with Crippen LogP contribution in [-0.2, 0) is 18.4 Å². The summed E-state index contributed by atoms with van der Waals surface area (Å²) in [6, 6.07) is -0.784. The van der Waals surface area contributed by atoms with E-state index >= 15 is 0 Å². The number of amides is 1.